The van der Waals surface area contributed by atoms with Crippen LogP contribution in [0.5, 0.6) is 0 Å². The number of ether oxygens (including phenoxy) is 1. The van der Waals surface area contributed by atoms with Gasteiger partial charge in [-0.05, 0) is 48.2 Å². The highest BCUT2D eigenvalue weighted by Gasteiger charge is 2.21. The standard InChI is InChI=1S/C25H30N4O2/c1-5-10-29-22-8-6-19(17(2)3)15-21(22)18(4)24(29)25(30)27-20-7-9-23(26-16-20)28-11-13-31-14-12-28/h5-9,15-17H,1,10-14H2,2-4H3,(H,27,30). The number of carbonyl (C=O) groups is 1. The van der Waals surface area contributed by atoms with Gasteiger partial charge in [-0.1, -0.05) is 26.0 Å². The molecule has 1 amide bonds. The number of morpholine rings is 1. The van der Waals surface area contributed by atoms with Gasteiger partial charge in [-0.25, -0.2) is 4.98 Å². The molecular weight excluding hydrogens is 388 g/mol. The third kappa shape index (κ3) is 4.21. The van der Waals surface area contributed by atoms with E-state index < -0.39 is 0 Å². The molecule has 0 unspecified atom stereocenters. The van der Waals surface area contributed by atoms with Gasteiger partial charge in [-0.2, -0.15) is 0 Å². The van der Waals surface area contributed by atoms with Gasteiger partial charge >= 0.3 is 0 Å². The Bertz CT molecular complexity index is 1090. The van der Waals surface area contributed by atoms with E-state index in [9.17, 15) is 4.79 Å². The zero-order chi connectivity index (χ0) is 22.0. The van der Waals surface area contributed by atoms with Crippen LogP contribution in [0.4, 0.5) is 11.5 Å². The number of pyridine rings is 1. The Hall–Kier alpha value is -3.12. The molecule has 31 heavy (non-hydrogen) atoms. The van der Waals surface area contributed by atoms with Gasteiger partial charge in [-0.15, -0.1) is 6.58 Å². The Morgan fingerprint density at radius 1 is 1.26 bits per heavy atom. The van der Waals surface area contributed by atoms with Crippen LogP contribution in [0.25, 0.3) is 10.9 Å². The van der Waals surface area contributed by atoms with Gasteiger partial charge in [0.25, 0.3) is 5.91 Å². The highest BCUT2D eigenvalue weighted by molar-refractivity contribution is 6.08. The minimum absolute atomic E-state index is 0.137. The van der Waals surface area contributed by atoms with Crippen LogP contribution in [-0.4, -0.2) is 41.8 Å². The molecule has 0 atom stereocenters. The van der Waals surface area contributed by atoms with E-state index in [1.165, 1.54) is 5.56 Å². The first-order valence-electron chi connectivity index (χ1n) is 10.8. The molecule has 1 aliphatic rings. The van der Waals surface area contributed by atoms with Crippen LogP contribution in [0, 0.1) is 6.92 Å². The summed E-state index contributed by atoms with van der Waals surface area (Å²) in [4.78, 5) is 20.0. The van der Waals surface area contributed by atoms with Crippen LogP contribution in [0.2, 0.25) is 0 Å². The first kappa shape index (κ1) is 21.1. The Kier molecular flexibility index (Phi) is 6.09. The molecule has 0 aliphatic carbocycles. The van der Waals surface area contributed by atoms with Crippen molar-refractivity contribution in [2.45, 2.75) is 33.2 Å². The summed E-state index contributed by atoms with van der Waals surface area (Å²) in [5, 5.41) is 4.14. The third-order valence-electron chi connectivity index (χ3n) is 5.87. The van der Waals surface area contributed by atoms with E-state index in [1.807, 2.05) is 29.7 Å². The molecule has 1 aromatic carbocycles. The molecule has 6 nitrogen and oxygen atoms in total. The quantitative estimate of drug-likeness (QED) is 0.587. The molecule has 1 aliphatic heterocycles. The van der Waals surface area contributed by atoms with E-state index in [0.29, 0.717) is 37.1 Å². The van der Waals surface area contributed by atoms with E-state index in [0.717, 1.165) is 35.4 Å². The maximum atomic E-state index is 13.3. The largest absolute Gasteiger partial charge is 0.378 e. The Balaban J connectivity index is 1.62. The molecule has 3 aromatic rings. The van der Waals surface area contributed by atoms with Crippen LogP contribution < -0.4 is 10.2 Å². The number of fused-ring (bicyclic) bond motifs is 1. The van der Waals surface area contributed by atoms with Gasteiger partial charge < -0.3 is 19.5 Å². The third-order valence-corrected chi connectivity index (χ3v) is 5.87. The first-order chi connectivity index (χ1) is 15.0. The number of nitrogens with zero attached hydrogens (tertiary/aromatic N) is 3. The molecule has 1 saturated heterocycles. The molecule has 0 saturated carbocycles. The second-order valence-corrected chi connectivity index (χ2v) is 8.26. The summed E-state index contributed by atoms with van der Waals surface area (Å²) in [6.45, 7) is 13.9. The van der Waals surface area contributed by atoms with Crippen molar-refractivity contribution in [2.24, 2.45) is 0 Å². The lowest BCUT2D eigenvalue weighted by molar-refractivity contribution is 0.101. The second-order valence-electron chi connectivity index (χ2n) is 8.26. The summed E-state index contributed by atoms with van der Waals surface area (Å²) in [7, 11) is 0. The number of carbonyl (C=O) groups excluding carboxylic acids is 1. The van der Waals surface area contributed by atoms with Gasteiger partial charge in [0, 0.05) is 30.5 Å². The van der Waals surface area contributed by atoms with Crippen molar-refractivity contribution >= 4 is 28.3 Å². The number of hydrogen-bond donors (Lipinski definition) is 1. The Labute approximate surface area is 183 Å². The van der Waals surface area contributed by atoms with Crippen LogP contribution in [0.1, 0.15) is 41.4 Å². The molecular formula is C25H30N4O2. The lowest BCUT2D eigenvalue weighted by Gasteiger charge is -2.27. The molecule has 2 aromatic heterocycles. The summed E-state index contributed by atoms with van der Waals surface area (Å²) in [5.41, 5.74) is 4.64. The zero-order valence-electron chi connectivity index (χ0n) is 18.5. The van der Waals surface area contributed by atoms with Crippen molar-refractivity contribution in [1.29, 1.82) is 0 Å². The second kappa shape index (κ2) is 8.94. The van der Waals surface area contributed by atoms with Crippen molar-refractivity contribution in [3.05, 3.63) is 66.0 Å². The minimum Gasteiger partial charge on any atom is -0.378 e. The normalized spacial score (nSPS) is 14.3. The minimum atomic E-state index is -0.137. The Morgan fingerprint density at radius 2 is 2.03 bits per heavy atom. The molecule has 0 spiro atoms. The summed E-state index contributed by atoms with van der Waals surface area (Å²) >= 11 is 0. The van der Waals surface area contributed by atoms with E-state index >= 15 is 0 Å². The molecule has 0 bridgehead atoms. The number of benzene rings is 1. The molecule has 162 valence electrons. The van der Waals surface area contributed by atoms with Crippen molar-refractivity contribution < 1.29 is 9.53 Å². The number of aryl methyl sites for hydroxylation is 1. The summed E-state index contributed by atoms with van der Waals surface area (Å²) in [6.07, 6.45) is 3.54. The first-order valence-corrected chi connectivity index (χ1v) is 10.8. The summed E-state index contributed by atoms with van der Waals surface area (Å²) < 4.78 is 7.43. The molecule has 0 radical (unpaired) electrons. The lowest BCUT2D eigenvalue weighted by Crippen LogP contribution is -2.36. The van der Waals surface area contributed by atoms with E-state index in [2.05, 4.69) is 53.8 Å². The number of rotatable bonds is 6. The monoisotopic (exact) mass is 418 g/mol. The van der Waals surface area contributed by atoms with Crippen LogP contribution in [-0.2, 0) is 11.3 Å². The number of allylic oxidation sites excluding steroid dienone is 1. The molecule has 1 fully saturated rings. The van der Waals surface area contributed by atoms with Gasteiger partial charge in [0.1, 0.15) is 11.5 Å². The number of hydrogen-bond acceptors (Lipinski definition) is 4. The summed E-state index contributed by atoms with van der Waals surface area (Å²) in [5.74, 6) is 1.20. The fourth-order valence-corrected chi connectivity index (χ4v) is 4.14. The van der Waals surface area contributed by atoms with Gasteiger partial charge in [-0.3, -0.25) is 4.79 Å². The topological polar surface area (TPSA) is 59.4 Å². The van der Waals surface area contributed by atoms with Crippen molar-refractivity contribution in [1.82, 2.24) is 9.55 Å². The highest BCUT2D eigenvalue weighted by Crippen LogP contribution is 2.30. The predicted octanol–water partition coefficient (Wildman–Crippen LogP) is 4.74. The maximum absolute atomic E-state index is 13.3. The molecule has 3 heterocycles. The maximum Gasteiger partial charge on any atom is 0.272 e. The SMILES string of the molecule is C=CCn1c(C(=O)Nc2ccc(N3CCOCC3)nc2)c(C)c2cc(C(C)C)ccc21. The van der Waals surface area contributed by atoms with E-state index in [4.69, 9.17) is 4.74 Å². The van der Waals surface area contributed by atoms with Crippen LogP contribution in [0.3, 0.4) is 0 Å². The van der Waals surface area contributed by atoms with Crippen molar-refractivity contribution in [3.63, 3.8) is 0 Å². The van der Waals surface area contributed by atoms with Crippen LogP contribution in [0.15, 0.2) is 49.2 Å². The number of aromatic nitrogens is 2. The fourth-order valence-electron chi connectivity index (χ4n) is 4.14. The lowest BCUT2D eigenvalue weighted by atomic mass is 10.0. The molecule has 4 rings (SSSR count). The average Bonchev–Trinajstić information content (AvgIpc) is 3.06. The summed E-state index contributed by atoms with van der Waals surface area (Å²) in [6, 6.07) is 10.3. The fraction of sp³-hybridized carbons (Fsp3) is 0.360. The smallest absolute Gasteiger partial charge is 0.272 e. The van der Waals surface area contributed by atoms with E-state index in [-0.39, 0.29) is 5.91 Å². The zero-order valence-corrected chi connectivity index (χ0v) is 18.5. The Morgan fingerprint density at radius 3 is 2.68 bits per heavy atom. The van der Waals surface area contributed by atoms with Crippen molar-refractivity contribution in [2.75, 3.05) is 36.5 Å². The average molecular weight is 419 g/mol. The van der Waals surface area contributed by atoms with Gasteiger partial charge in [0.05, 0.1) is 25.1 Å². The van der Waals surface area contributed by atoms with Gasteiger partial charge in [0.2, 0.25) is 0 Å². The predicted molar refractivity (Wildman–Crippen MR) is 126 cm³/mol. The number of nitrogens with one attached hydrogen (secondary N) is 1. The van der Waals surface area contributed by atoms with Gasteiger partial charge in [0.15, 0.2) is 0 Å². The molecule has 6 heteroatoms. The molecule has 1 N–H and O–H groups in total. The van der Waals surface area contributed by atoms with Crippen LogP contribution >= 0.6 is 0 Å². The number of anilines is 2. The van der Waals surface area contributed by atoms with Crippen molar-refractivity contribution in [3.8, 4) is 0 Å². The number of amides is 1. The highest BCUT2D eigenvalue weighted by atomic mass is 16.5. The van der Waals surface area contributed by atoms with E-state index in [1.54, 1.807) is 6.20 Å².